The van der Waals surface area contributed by atoms with Gasteiger partial charge in [-0.3, -0.25) is 4.79 Å². The van der Waals surface area contributed by atoms with Crippen LogP contribution in [0, 0.1) is 6.92 Å². The number of aromatic nitrogens is 2. The summed E-state index contributed by atoms with van der Waals surface area (Å²) in [5.74, 6) is 1.81. The molecule has 1 saturated carbocycles. The van der Waals surface area contributed by atoms with Gasteiger partial charge in [0.25, 0.3) is 0 Å². The summed E-state index contributed by atoms with van der Waals surface area (Å²) in [6, 6.07) is 9.49. The molecule has 1 fully saturated rings. The van der Waals surface area contributed by atoms with Gasteiger partial charge in [-0.05, 0) is 18.4 Å². The van der Waals surface area contributed by atoms with E-state index in [0.29, 0.717) is 23.2 Å². The van der Waals surface area contributed by atoms with Gasteiger partial charge < -0.3 is 14.9 Å². The predicted octanol–water partition coefficient (Wildman–Crippen LogP) is 3.12. The summed E-state index contributed by atoms with van der Waals surface area (Å²) >= 11 is 1.43. The first-order valence-electron chi connectivity index (χ1n) is 9.02. The average molecular weight is 375 g/mol. The van der Waals surface area contributed by atoms with Gasteiger partial charge in [0.05, 0.1) is 11.9 Å². The maximum Gasteiger partial charge on any atom is 0.230 e. The highest BCUT2D eigenvalue weighted by atomic mass is 32.2. The van der Waals surface area contributed by atoms with Gasteiger partial charge in [-0.2, -0.15) is 4.98 Å². The maximum atomic E-state index is 12.5. The van der Waals surface area contributed by atoms with Crippen molar-refractivity contribution in [2.45, 2.75) is 50.7 Å². The number of thioether (sulfide) groups is 1. The number of nitrogens with one attached hydrogen (secondary N) is 1. The molecule has 2 N–H and O–H groups in total. The minimum Gasteiger partial charge on any atom is -0.388 e. The highest BCUT2D eigenvalue weighted by Crippen LogP contribution is 2.35. The normalized spacial score (nSPS) is 17.6. The highest BCUT2D eigenvalue weighted by Gasteiger charge is 2.39. The van der Waals surface area contributed by atoms with E-state index in [1.807, 2.05) is 30.3 Å². The smallest absolute Gasteiger partial charge is 0.230 e. The van der Waals surface area contributed by atoms with E-state index in [1.165, 1.54) is 11.8 Å². The molecule has 26 heavy (non-hydrogen) atoms. The molecule has 1 atom stereocenters. The number of aliphatic hydroxyl groups excluding tert-OH is 1. The zero-order valence-electron chi connectivity index (χ0n) is 15.0. The number of nitrogens with zero attached hydrogens (tertiary/aromatic N) is 2. The number of aliphatic hydroxyl groups is 1. The molecule has 0 aliphatic heterocycles. The minimum absolute atomic E-state index is 0.0559. The van der Waals surface area contributed by atoms with Crippen molar-refractivity contribution in [2.24, 2.45) is 0 Å². The van der Waals surface area contributed by atoms with Crippen molar-refractivity contribution in [3.8, 4) is 0 Å². The van der Waals surface area contributed by atoms with E-state index < -0.39 is 11.6 Å². The molecule has 3 rings (SSSR count). The van der Waals surface area contributed by atoms with Crippen LogP contribution in [0.3, 0.4) is 0 Å². The third kappa shape index (κ3) is 4.65. The summed E-state index contributed by atoms with van der Waals surface area (Å²) in [5.41, 5.74) is 0.345. The van der Waals surface area contributed by atoms with Crippen LogP contribution < -0.4 is 5.32 Å². The number of hydrogen-bond donors (Lipinski definition) is 2. The molecule has 0 saturated heterocycles. The fourth-order valence-corrected chi connectivity index (χ4v) is 4.18. The van der Waals surface area contributed by atoms with Gasteiger partial charge in [0.2, 0.25) is 11.8 Å². The molecule has 0 bridgehead atoms. The van der Waals surface area contributed by atoms with E-state index in [1.54, 1.807) is 6.92 Å². The van der Waals surface area contributed by atoms with E-state index in [9.17, 15) is 9.90 Å². The van der Waals surface area contributed by atoms with Crippen LogP contribution in [0.2, 0.25) is 0 Å². The Morgan fingerprint density at radius 3 is 2.69 bits per heavy atom. The van der Waals surface area contributed by atoms with Crippen molar-refractivity contribution in [3.63, 3.8) is 0 Å². The van der Waals surface area contributed by atoms with Gasteiger partial charge in [-0.1, -0.05) is 54.8 Å². The molecule has 0 spiro atoms. The van der Waals surface area contributed by atoms with Gasteiger partial charge in [0.1, 0.15) is 5.54 Å². The monoisotopic (exact) mass is 375 g/mol. The van der Waals surface area contributed by atoms with E-state index >= 15 is 0 Å². The third-order valence-corrected chi connectivity index (χ3v) is 5.75. The second-order valence-corrected chi connectivity index (χ2v) is 7.80. The standard InChI is InChI=1S/C19H25N3O3S/c1-14-20-18(22-25-14)19(10-6-3-7-11-19)21-17(24)13-26-12-16(23)15-8-4-2-5-9-15/h2,4-5,8-9,16,23H,3,6-7,10-13H2,1H3,(H,21,24). The predicted molar refractivity (Wildman–Crippen MR) is 101 cm³/mol. The molecule has 1 heterocycles. The molecule has 2 aromatic rings. The van der Waals surface area contributed by atoms with Crippen LogP contribution in [-0.2, 0) is 10.3 Å². The molecule has 6 nitrogen and oxygen atoms in total. The molecule has 1 aliphatic carbocycles. The minimum atomic E-state index is -0.572. The van der Waals surface area contributed by atoms with Gasteiger partial charge in [-0.25, -0.2) is 0 Å². The van der Waals surface area contributed by atoms with Gasteiger partial charge in [0.15, 0.2) is 5.82 Å². The van der Waals surface area contributed by atoms with E-state index in [-0.39, 0.29) is 5.91 Å². The molecular weight excluding hydrogens is 350 g/mol. The first-order valence-corrected chi connectivity index (χ1v) is 10.2. The van der Waals surface area contributed by atoms with E-state index in [4.69, 9.17) is 4.52 Å². The summed E-state index contributed by atoms with van der Waals surface area (Å²) < 4.78 is 5.14. The van der Waals surface area contributed by atoms with Gasteiger partial charge >= 0.3 is 0 Å². The number of carbonyl (C=O) groups excluding carboxylic acids is 1. The molecule has 1 unspecified atom stereocenters. The molecular formula is C19H25N3O3S. The lowest BCUT2D eigenvalue weighted by molar-refractivity contribution is -0.121. The number of benzene rings is 1. The Morgan fingerprint density at radius 1 is 1.31 bits per heavy atom. The van der Waals surface area contributed by atoms with Crippen LogP contribution in [0.1, 0.15) is 55.5 Å². The topological polar surface area (TPSA) is 88.2 Å². The number of aryl methyl sites for hydroxylation is 1. The molecule has 1 aromatic heterocycles. The van der Waals surface area contributed by atoms with E-state index in [2.05, 4.69) is 15.5 Å². The Bertz CT molecular complexity index is 714. The second kappa shape index (κ2) is 8.68. The van der Waals surface area contributed by atoms with Crippen LogP contribution in [0.5, 0.6) is 0 Å². The zero-order valence-corrected chi connectivity index (χ0v) is 15.8. The number of amides is 1. The van der Waals surface area contributed by atoms with Crippen LogP contribution in [0.15, 0.2) is 34.9 Å². The highest BCUT2D eigenvalue weighted by molar-refractivity contribution is 7.99. The summed E-state index contributed by atoms with van der Waals surface area (Å²) in [6.07, 6.45) is 4.32. The van der Waals surface area contributed by atoms with Crippen LogP contribution in [0.25, 0.3) is 0 Å². The van der Waals surface area contributed by atoms with E-state index in [0.717, 1.165) is 37.7 Å². The van der Waals surface area contributed by atoms with Crippen molar-refractivity contribution in [2.75, 3.05) is 11.5 Å². The number of carbonyl (C=O) groups is 1. The average Bonchev–Trinajstić information content (AvgIpc) is 3.10. The van der Waals surface area contributed by atoms with Crippen molar-refractivity contribution >= 4 is 17.7 Å². The molecule has 0 radical (unpaired) electrons. The van der Waals surface area contributed by atoms with Crippen molar-refractivity contribution in [1.29, 1.82) is 0 Å². The lowest BCUT2D eigenvalue weighted by Gasteiger charge is -2.35. The maximum absolute atomic E-state index is 12.5. The summed E-state index contributed by atoms with van der Waals surface area (Å²) in [7, 11) is 0. The van der Waals surface area contributed by atoms with Crippen LogP contribution in [0.4, 0.5) is 0 Å². The molecule has 1 aliphatic rings. The van der Waals surface area contributed by atoms with Crippen molar-refractivity contribution < 1.29 is 14.4 Å². The van der Waals surface area contributed by atoms with Gasteiger partial charge in [0, 0.05) is 12.7 Å². The fourth-order valence-electron chi connectivity index (χ4n) is 3.39. The number of rotatable bonds is 7. The molecule has 7 heteroatoms. The van der Waals surface area contributed by atoms with Crippen molar-refractivity contribution in [1.82, 2.24) is 15.5 Å². The summed E-state index contributed by atoms with van der Waals surface area (Å²) in [6.45, 7) is 1.76. The lowest BCUT2D eigenvalue weighted by Crippen LogP contribution is -2.48. The van der Waals surface area contributed by atoms with Gasteiger partial charge in [-0.15, -0.1) is 11.8 Å². The SMILES string of the molecule is Cc1nc(C2(NC(=O)CSCC(O)c3ccccc3)CCCCC2)no1. The lowest BCUT2D eigenvalue weighted by atomic mass is 9.81. The van der Waals surface area contributed by atoms with Crippen LogP contribution in [-0.4, -0.2) is 32.7 Å². The summed E-state index contributed by atoms with van der Waals surface area (Å²) in [4.78, 5) is 16.9. The Morgan fingerprint density at radius 2 is 2.04 bits per heavy atom. The second-order valence-electron chi connectivity index (χ2n) is 6.77. The number of hydrogen-bond acceptors (Lipinski definition) is 6. The zero-order chi connectivity index (χ0) is 18.4. The third-order valence-electron chi connectivity index (χ3n) is 4.73. The summed E-state index contributed by atoms with van der Waals surface area (Å²) in [5, 5.41) is 17.4. The fraction of sp³-hybridized carbons (Fsp3) is 0.526. The quantitative estimate of drug-likeness (QED) is 0.773. The van der Waals surface area contributed by atoms with Crippen LogP contribution >= 0.6 is 11.8 Å². The Hall–Kier alpha value is -1.86. The molecule has 1 aromatic carbocycles. The Balaban J connectivity index is 1.55. The first kappa shape index (κ1) is 18.9. The molecule has 140 valence electrons. The first-order chi connectivity index (χ1) is 12.6. The molecule has 1 amide bonds. The largest absolute Gasteiger partial charge is 0.388 e. The van der Waals surface area contributed by atoms with Crippen molar-refractivity contribution in [3.05, 3.63) is 47.6 Å². The Labute approximate surface area is 157 Å². The Kier molecular flexibility index (Phi) is 6.32.